The maximum absolute atomic E-state index is 13.2. The summed E-state index contributed by atoms with van der Waals surface area (Å²) in [5, 5.41) is 0.347. The number of alkyl halides is 1. The first-order chi connectivity index (χ1) is 7.58. The molecule has 0 amide bonds. The van der Waals surface area contributed by atoms with Crippen LogP contribution in [-0.4, -0.2) is 16.4 Å². The fraction of sp³-hybridized carbons (Fsp3) is 0.111. The van der Waals surface area contributed by atoms with E-state index in [-0.39, 0.29) is 5.84 Å². The van der Waals surface area contributed by atoms with Gasteiger partial charge in [0.15, 0.2) is 11.7 Å². The molecule has 0 aliphatic carbocycles. The smallest absolute Gasteiger partial charge is 0.204 e. The van der Waals surface area contributed by atoms with Gasteiger partial charge in [-0.15, -0.1) is 0 Å². The van der Waals surface area contributed by atoms with E-state index in [1.165, 1.54) is 17.3 Å². The van der Waals surface area contributed by atoms with Gasteiger partial charge in [-0.3, -0.25) is 0 Å². The number of nitrogens with two attached hydrogens (primary N) is 1. The Morgan fingerprint density at radius 3 is 2.81 bits per heavy atom. The van der Waals surface area contributed by atoms with E-state index in [1.54, 1.807) is 12.1 Å². The number of aliphatic imine (C=N–C) groups is 1. The summed E-state index contributed by atoms with van der Waals surface area (Å²) in [5.41, 5.74) is 5.08. The topological polar surface area (TPSA) is 54.5 Å². The lowest BCUT2D eigenvalue weighted by molar-refractivity contribution is 0.656. The fourth-order valence-corrected chi connectivity index (χ4v) is 1.59. The van der Waals surface area contributed by atoms with Crippen molar-refractivity contribution in [2.24, 2.45) is 10.7 Å². The molecule has 1 aromatic heterocycles. The van der Waals surface area contributed by atoms with Crippen molar-refractivity contribution in [3.63, 3.8) is 0 Å². The zero-order chi connectivity index (χ0) is 11.7. The standard InChI is InChI=1S/C9H7Cl2FN4/c10-7-2-1-5(3-14-7)16-4-6(12)8(13)15-9(16)11/h1-4,9H,(H2,13,15). The first-order valence-corrected chi connectivity index (χ1v) is 5.14. The molecule has 84 valence electrons. The van der Waals surface area contributed by atoms with Crippen LogP contribution in [0.5, 0.6) is 0 Å². The number of amidine groups is 1. The molecule has 2 rings (SSSR count). The van der Waals surface area contributed by atoms with E-state index in [9.17, 15) is 4.39 Å². The highest BCUT2D eigenvalue weighted by atomic mass is 35.5. The summed E-state index contributed by atoms with van der Waals surface area (Å²) in [4.78, 5) is 8.99. The average molecular weight is 261 g/mol. The van der Waals surface area contributed by atoms with Crippen LogP contribution in [-0.2, 0) is 0 Å². The fourth-order valence-electron chi connectivity index (χ4n) is 1.21. The normalized spacial score (nSPS) is 20.4. The van der Waals surface area contributed by atoms with E-state index in [0.717, 1.165) is 0 Å². The molecular formula is C9H7Cl2FN4. The summed E-state index contributed by atoms with van der Waals surface area (Å²) in [6.07, 6.45) is 2.64. The second kappa shape index (κ2) is 4.27. The Bertz CT molecular complexity index is 457. The second-order valence-electron chi connectivity index (χ2n) is 3.05. The maximum Gasteiger partial charge on any atom is 0.204 e. The van der Waals surface area contributed by atoms with Crippen LogP contribution in [0, 0.1) is 0 Å². The first kappa shape index (κ1) is 11.2. The van der Waals surface area contributed by atoms with Crippen molar-refractivity contribution in [3.8, 4) is 0 Å². The second-order valence-corrected chi connectivity index (χ2v) is 3.83. The Kier molecular flexibility index (Phi) is 2.98. The van der Waals surface area contributed by atoms with Crippen LogP contribution >= 0.6 is 23.2 Å². The average Bonchev–Trinajstić information content (AvgIpc) is 2.25. The van der Waals surface area contributed by atoms with Crippen LogP contribution in [0.25, 0.3) is 0 Å². The van der Waals surface area contributed by atoms with Gasteiger partial charge in [0.1, 0.15) is 5.15 Å². The van der Waals surface area contributed by atoms with Gasteiger partial charge in [-0.05, 0) is 12.1 Å². The number of hydrogen-bond donors (Lipinski definition) is 1. The van der Waals surface area contributed by atoms with E-state index in [4.69, 9.17) is 28.9 Å². The first-order valence-electron chi connectivity index (χ1n) is 4.33. The Hall–Kier alpha value is -1.33. The van der Waals surface area contributed by atoms with E-state index in [0.29, 0.717) is 10.8 Å². The molecule has 1 aliphatic rings. The number of pyridine rings is 1. The largest absolute Gasteiger partial charge is 0.381 e. The SMILES string of the molecule is NC1=NC(Cl)N(c2ccc(Cl)nc2)C=C1F. The number of aromatic nitrogens is 1. The molecule has 1 aromatic rings. The van der Waals surface area contributed by atoms with E-state index < -0.39 is 11.5 Å². The highest BCUT2D eigenvalue weighted by molar-refractivity contribution is 6.29. The van der Waals surface area contributed by atoms with Gasteiger partial charge < -0.3 is 10.6 Å². The molecule has 0 spiro atoms. The van der Waals surface area contributed by atoms with Crippen molar-refractivity contribution in [1.29, 1.82) is 0 Å². The quantitative estimate of drug-likeness (QED) is 0.479. The van der Waals surface area contributed by atoms with Crippen molar-refractivity contribution in [3.05, 3.63) is 35.5 Å². The minimum absolute atomic E-state index is 0.210. The van der Waals surface area contributed by atoms with E-state index >= 15 is 0 Å². The van der Waals surface area contributed by atoms with Crippen LogP contribution in [0.1, 0.15) is 0 Å². The van der Waals surface area contributed by atoms with Crippen LogP contribution in [0.4, 0.5) is 10.1 Å². The minimum atomic E-state index is -0.789. The van der Waals surface area contributed by atoms with Gasteiger partial charge in [-0.25, -0.2) is 14.4 Å². The third kappa shape index (κ3) is 2.10. The number of nitrogens with zero attached hydrogens (tertiary/aromatic N) is 3. The summed E-state index contributed by atoms with van der Waals surface area (Å²) >= 11 is 11.5. The van der Waals surface area contributed by atoms with Gasteiger partial charge in [-0.1, -0.05) is 23.2 Å². The van der Waals surface area contributed by atoms with Gasteiger partial charge in [-0.2, -0.15) is 0 Å². The van der Waals surface area contributed by atoms with Crippen LogP contribution in [0.15, 0.2) is 35.3 Å². The maximum atomic E-state index is 13.2. The van der Waals surface area contributed by atoms with Crippen molar-refractivity contribution in [2.75, 3.05) is 4.90 Å². The van der Waals surface area contributed by atoms with E-state index in [2.05, 4.69) is 9.98 Å². The molecule has 0 saturated carbocycles. The number of hydrogen-bond acceptors (Lipinski definition) is 4. The molecule has 0 saturated heterocycles. The molecule has 0 fully saturated rings. The Morgan fingerprint density at radius 2 is 2.19 bits per heavy atom. The lowest BCUT2D eigenvalue weighted by Crippen LogP contribution is -2.32. The zero-order valence-corrected chi connectivity index (χ0v) is 9.45. The van der Waals surface area contributed by atoms with Gasteiger partial charge in [0, 0.05) is 6.20 Å². The number of anilines is 1. The molecule has 1 aliphatic heterocycles. The highest BCUT2D eigenvalue weighted by Gasteiger charge is 2.21. The number of halogens is 3. The third-order valence-corrected chi connectivity index (χ3v) is 2.51. The third-order valence-electron chi connectivity index (χ3n) is 1.98. The van der Waals surface area contributed by atoms with Crippen LogP contribution in [0.3, 0.4) is 0 Å². The van der Waals surface area contributed by atoms with Gasteiger partial charge in [0.05, 0.1) is 11.9 Å². The van der Waals surface area contributed by atoms with Crippen LogP contribution in [0.2, 0.25) is 5.15 Å². The van der Waals surface area contributed by atoms with Gasteiger partial charge >= 0.3 is 0 Å². The Labute approximate surface area is 101 Å². The van der Waals surface area contributed by atoms with Gasteiger partial charge in [0.2, 0.25) is 5.62 Å². The minimum Gasteiger partial charge on any atom is -0.381 e. The van der Waals surface area contributed by atoms with Gasteiger partial charge in [0.25, 0.3) is 0 Å². The number of rotatable bonds is 1. The highest BCUT2D eigenvalue weighted by Crippen LogP contribution is 2.24. The van der Waals surface area contributed by atoms with Crippen molar-refractivity contribution < 1.29 is 4.39 Å². The molecule has 16 heavy (non-hydrogen) atoms. The molecule has 1 unspecified atom stereocenters. The summed E-state index contributed by atoms with van der Waals surface area (Å²) in [6.45, 7) is 0. The summed E-state index contributed by atoms with van der Waals surface area (Å²) in [5.74, 6) is -0.843. The predicted molar refractivity (Wildman–Crippen MR) is 62.2 cm³/mol. The van der Waals surface area contributed by atoms with Crippen molar-refractivity contribution >= 4 is 34.7 Å². The molecule has 2 heterocycles. The van der Waals surface area contributed by atoms with E-state index in [1.807, 2.05) is 0 Å². The van der Waals surface area contributed by atoms with Crippen LogP contribution < -0.4 is 10.6 Å². The molecular weight excluding hydrogens is 254 g/mol. The zero-order valence-electron chi connectivity index (χ0n) is 7.94. The Morgan fingerprint density at radius 1 is 1.44 bits per heavy atom. The molecule has 1 atom stereocenters. The summed E-state index contributed by atoms with van der Waals surface area (Å²) in [6, 6.07) is 3.24. The Balaban J connectivity index is 2.32. The monoisotopic (exact) mass is 260 g/mol. The van der Waals surface area contributed by atoms with Crippen molar-refractivity contribution in [1.82, 2.24) is 4.98 Å². The summed E-state index contributed by atoms with van der Waals surface area (Å²) < 4.78 is 13.2. The molecule has 7 heteroatoms. The predicted octanol–water partition coefficient (Wildman–Crippen LogP) is 2.25. The molecule has 2 N–H and O–H groups in total. The molecule has 0 bridgehead atoms. The lowest BCUT2D eigenvalue weighted by atomic mass is 10.3. The summed E-state index contributed by atoms with van der Waals surface area (Å²) in [7, 11) is 0. The molecule has 0 aromatic carbocycles. The molecule has 4 nitrogen and oxygen atoms in total. The molecule has 0 radical (unpaired) electrons. The lowest BCUT2D eigenvalue weighted by Gasteiger charge is -2.26. The van der Waals surface area contributed by atoms with Crippen molar-refractivity contribution in [2.45, 2.75) is 5.62 Å².